The molecule has 3 rings (SSSR count). The lowest BCUT2D eigenvalue weighted by Gasteiger charge is -2.36. The van der Waals surface area contributed by atoms with Gasteiger partial charge in [-0.05, 0) is 37.1 Å². The minimum Gasteiger partial charge on any atom is -0.395 e. The Morgan fingerprint density at radius 2 is 1.79 bits per heavy atom. The maximum Gasteiger partial charge on any atom is 0.251 e. The molecule has 0 unspecified atom stereocenters. The molecule has 2 aliphatic heterocycles. The zero-order chi connectivity index (χ0) is 17.3. The van der Waals surface area contributed by atoms with Crippen LogP contribution in [-0.4, -0.2) is 72.1 Å². The molecule has 2 aliphatic rings. The monoisotopic (exact) mass is 331 g/mol. The number of aliphatic hydroxyl groups excluding tert-OH is 1. The van der Waals surface area contributed by atoms with Gasteiger partial charge < -0.3 is 5.11 Å². The fourth-order valence-corrected chi connectivity index (χ4v) is 3.48. The van der Waals surface area contributed by atoms with Gasteiger partial charge in [0.05, 0.1) is 24.8 Å². The topological polar surface area (TPSA) is 64.1 Å². The Hall–Kier alpha value is -1.76. The molecule has 0 aliphatic carbocycles. The summed E-state index contributed by atoms with van der Waals surface area (Å²) in [6.07, 6.45) is 0.256. The highest BCUT2D eigenvalue weighted by Gasteiger charge is 2.43. The van der Waals surface area contributed by atoms with Crippen LogP contribution in [0.3, 0.4) is 0 Å². The number of rotatable bonds is 4. The number of β-amino-alcohol motifs (C(OH)–C–C–N with tert-alkyl or cyclic N) is 1. The first-order valence-electron chi connectivity index (χ1n) is 8.52. The van der Waals surface area contributed by atoms with Gasteiger partial charge in [0.2, 0.25) is 5.91 Å². The molecule has 0 saturated carbocycles. The van der Waals surface area contributed by atoms with Crippen LogP contribution >= 0.6 is 0 Å². The molecular formula is C18H25N3O3. The van der Waals surface area contributed by atoms with Gasteiger partial charge in [0.1, 0.15) is 0 Å². The number of aryl methyl sites for hydroxylation is 2. The van der Waals surface area contributed by atoms with Crippen LogP contribution in [-0.2, 0) is 9.59 Å². The number of anilines is 1. The Morgan fingerprint density at radius 3 is 2.42 bits per heavy atom. The van der Waals surface area contributed by atoms with E-state index in [2.05, 4.69) is 9.80 Å². The largest absolute Gasteiger partial charge is 0.395 e. The third-order valence-electron chi connectivity index (χ3n) is 5.14. The summed E-state index contributed by atoms with van der Waals surface area (Å²) >= 11 is 0. The van der Waals surface area contributed by atoms with Crippen molar-refractivity contribution >= 4 is 17.5 Å². The molecule has 2 fully saturated rings. The number of hydrogen-bond donors (Lipinski definition) is 1. The average molecular weight is 331 g/mol. The number of aliphatic hydroxyl groups is 1. The minimum atomic E-state index is -0.351. The van der Waals surface area contributed by atoms with Crippen molar-refractivity contribution in [3.63, 3.8) is 0 Å². The second-order valence-corrected chi connectivity index (χ2v) is 6.66. The number of imide groups is 1. The number of carbonyl (C=O) groups is 2. The number of amides is 2. The van der Waals surface area contributed by atoms with Crippen molar-refractivity contribution in [3.05, 3.63) is 29.3 Å². The van der Waals surface area contributed by atoms with E-state index in [0.717, 1.165) is 37.3 Å². The van der Waals surface area contributed by atoms with Crippen LogP contribution in [0.1, 0.15) is 17.5 Å². The molecule has 1 aromatic rings. The Morgan fingerprint density at radius 1 is 1.08 bits per heavy atom. The maximum absolute atomic E-state index is 12.8. The molecular weight excluding hydrogens is 306 g/mol. The molecule has 130 valence electrons. The van der Waals surface area contributed by atoms with E-state index in [0.29, 0.717) is 12.2 Å². The SMILES string of the molecule is Cc1ccc(N2C(=O)C[C@H](N3CCN(CCO)CC3)C2=O)cc1C. The highest BCUT2D eigenvalue weighted by atomic mass is 16.3. The van der Waals surface area contributed by atoms with E-state index in [4.69, 9.17) is 5.11 Å². The van der Waals surface area contributed by atoms with Crippen molar-refractivity contribution in [2.24, 2.45) is 0 Å². The highest BCUT2D eigenvalue weighted by Crippen LogP contribution is 2.27. The number of carbonyl (C=O) groups excluding carboxylic acids is 2. The molecule has 0 bridgehead atoms. The van der Waals surface area contributed by atoms with E-state index in [1.807, 2.05) is 32.0 Å². The molecule has 6 nitrogen and oxygen atoms in total. The quantitative estimate of drug-likeness (QED) is 0.816. The van der Waals surface area contributed by atoms with E-state index in [1.165, 1.54) is 4.90 Å². The molecule has 1 N–H and O–H groups in total. The lowest BCUT2D eigenvalue weighted by molar-refractivity contribution is -0.123. The average Bonchev–Trinajstić information content (AvgIpc) is 2.86. The maximum atomic E-state index is 12.8. The van der Waals surface area contributed by atoms with E-state index in [-0.39, 0.29) is 30.9 Å². The summed E-state index contributed by atoms with van der Waals surface area (Å²) in [5.74, 6) is -0.232. The lowest BCUT2D eigenvalue weighted by atomic mass is 10.1. The predicted octanol–water partition coefficient (Wildman–Crippen LogP) is 0.545. The van der Waals surface area contributed by atoms with Gasteiger partial charge in [0.15, 0.2) is 0 Å². The molecule has 6 heteroatoms. The second kappa shape index (κ2) is 7.01. The van der Waals surface area contributed by atoms with E-state index < -0.39 is 0 Å². The number of hydrogen-bond acceptors (Lipinski definition) is 5. The Kier molecular flexibility index (Phi) is 4.99. The third-order valence-corrected chi connectivity index (χ3v) is 5.14. The summed E-state index contributed by atoms with van der Waals surface area (Å²) in [5, 5.41) is 9.01. The zero-order valence-corrected chi connectivity index (χ0v) is 14.4. The van der Waals surface area contributed by atoms with Crippen LogP contribution in [0, 0.1) is 13.8 Å². The predicted molar refractivity (Wildman–Crippen MR) is 91.9 cm³/mol. The molecule has 1 aromatic carbocycles. The fourth-order valence-electron chi connectivity index (χ4n) is 3.48. The summed E-state index contributed by atoms with van der Waals surface area (Å²) in [6, 6.07) is 5.36. The van der Waals surface area contributed by atoms with Crippen LogP contribution < -0.4 is 4.90 Å². The van der Waals surface area contributed by atoms with E-state index in [9.17, 15) is 9.59 Å². The third kappa shape index (κ3) is 3.22. The molecule has 0 spiro atoms. The van der Waals surface area contributed by atoms with Gasteiger partial charge in [-0.1, -0.05) is 6.07 Å². The van der Waals surface area contributed by atoms with Crippen LogP contribution in [0.2, 0.25) is 0 Å². The first-order chi connectivity index (χ1) is 11.5. The summed E-state index contributed by atoms with van der Waals surface area (Å²) in [4.78, 5) is 30.9. The number of benzene rings is 1. The van der Waals surface area contributed by atoms with Crippen LogP contribution in [0.4, 0.5) is 5.69 Å². The Balaban J connectivity index is 1.71. The highest BCUT2D eigenvalue weighted by molar-refractivity contribution is 6.22. The van der Waals surface area contributed by atoms with Gasteiger partial charge in [-0.15, -0.1) is 0 Å². The van der Waals surface area contributed by atoms with Gasteiger partial charge in [0, 0.05) is 32.7 Å². The molecule has 2 heterocycles. The summed E-state index contributed by atoms with van der Waals surface area (Å²) < 4.78 is 0. The van der Waals surface area contributed by atoms with Gasteiger partial charge in [-0.3, -0.25) is 19.4 Å². The van der Waals surface area contributed by atoms with Crippen molar-refractivity contribution in [2.75, 3.05) is 44.2 Å². The molecule has 1 atom stereocenters. The standard InChI is InChI=1S/C18H25N3O3/c1-13-3-4-15(11-14(13)2)21-17(23)12-16(18(21)24)20-7-5-19(6-8-20)9-10-22/h3-4,11,16,22H,5-10,12H2,1-2H3/t16-/m0/s1. The zero-order valence-electron chi connectivity index (χ0n) is 14.4. The molecule has 2 saturated heterocycles. The van der Waals surface area contributed by atoms with Crippen LogP contribution in [0.5, 0.6) is 0 Å². The molecule has 0 aromatic heterocycles. The fraction of sp³-hybridized carbons (Fsp3) is 0.556. The van der Waals surface area contributed by atoms with Crippen LogP contribution in [0.25, 0.3) is 0 Å². The Bertz CT molecular complexity index is 638. The van der Waals surface area contributed by atoms with Crippen molar-refractivity contribution in [1.82, 2.24) is 9.80 Å². The summed E-state index contributed by atoms with van der Waals surface area (Å²) in [7, 11) is 0. The van der Waals surface area contributed by atoms with Gasteiger partial charge in [0.25, 0.3) is 5.91 Å². The van der Waals surface area contributed by atoms with E-state index >= 15 is 0 Å². The van der Waals surface area contributed by atoms with Gasteiger partial charge >= 0.3 is 0 Å². The summed E-state index contributed by atoms with van der Waals surface area (Å²) in [6.45, 7) is 7.98. The minimum absolute atomic E-state index is 0.112. The van der Waals surface area contributed by atoms with Crippen LogP contribution in [0.15, 0.2) is 18.2 Å². The Labute approximate surface area is 142 Å². The first-order valence-corrected chi connectivity index (χ1v) is 8.52. The van der Waals surface area contributed by atoms with Crippen molar-refractivity contribution in [3.8, 4) is 0 Å². The van der Waals surface area contributed by atoms with Gasteiger partial charge in [-0.2, -0.15) is 0 Å². The second-order valence-electron chi connectivity index (χ2n) is 6.66. The van der Waals surface area contributed by atoms with Crippen molar-refractivity contribution in [2.45, 2.75) is 26.3 Å². The molecule has 0 radical (unpaired) electrons. The van der Waals surface area contributed by atoms with Gasteiger partial charge in [-0.25, -0.2) is 4.90 Å². The summed E-state index contributed by atoms with van der Waals surface area (Å²) in [5.41, 5.74) is 2.90. The molecule has 2 amide bonds. The number of piperazine rings is 1. The number of nitrogens with zero attached hydrogens (tertiary/aromatic N) is 3. The first kappa shape index (κ1) is 17.1. The van der Waals surface area contributed by atoms with E-state index in [1.54, 1.807) is 0 Å². The molecule has 24 heavy (non-hydrogen) atoms. The smallest absolute Gasteiger partial charge is 0.251 e. The lowest BCUT2D eigenvalue weighted by Crippen LogP contribution is -2.52. The van der Waals surface area contributed by atoms with Crippen molar-refractivity contribution < 1.29 is 14.7 Å². The van der Waals surface area contributed by atoms with Crippen molar-refractivity contribution in [1.29, 1.82) is 0 Å². The normalized spacial score (nSPS) is 23.3.